The first kappa shape index (κ1) is 24.4. The fourth-order valence-corrected chi connectivity index (χ4v) is 4.44. The van der Waals surface area contributed by atoms with Crippen LogP contribution in [0.1, 0.15) is 37.3 Å². The largest absolute Gasteiger partial charge is 0.464 e. The second-order valence-electron chi connectivity index (χ2n) is 7.76. The number of fused-ring (bicyclic) bond motifs is 1. The smallest absolute Gasteiger partial charge is 0.338 e. The van der Waals surface area contributed by atoms with Gasteiger partial charge in [-0.05, 0) is 44.5 Å². The Kier molecular flexibility index (Phi) is 7.76. The van der Waals surface area contributed by atoms with E-state index in [1.165, 1.54) is 11.8 Å². The Morgan fingerprint density at radius 2 is 2.00 bits per heavy atom. The topological polar surface area (TPSA) is 136 Å². The lowest BCUT2D eigenvalue weighted by Crippen LogP contribution is -2.47. The first-order valence-corrected chi connectivity index (χ1v) is 12.2. The third kappa shape index (κ3) is 6.04. The molecule has 10 nitrogen and oxygen atoms in total. The number of ether oxygens (including phenoxy) is 2. The second-order valence-corrected chi connectivity index (χ2v) is 8.85. The molecule has 0 spiro atoms. The lowest BCUT2D eigenvalue weighted by atomic mass is 10.0. The van der Waals surface area contributed by atoms with Crippen LogP contribution in [0.25, 0.3) is 11.0 Å². The maximum atomic E-state index is 12.7. The maximum Gasteiger partial charge on any atom is 0.338 e. The number of nitrogens with one attached hydrogen (secondary N) is 3. The molecule has 0 fully saturated rings. The number of para-hydroxylation sites is 2. The van der Waals surface area contributed by atoms with Gasteiger partial charge in [0.15, 0.2) is 5.16 Å². The molecule has 3 aromatic rings. The maximum absolute atomic E-state index is 12.7. The molecule has 3 heterocycles. The lowest BCUT2D eigenvalue weighted by Gasteiger charge is -2.27. The van der Waals surface area contributed by atoms with Crippen molar-refractivity contribution in [2.75, 3.05) is 19.0 Å². The van der Waals surface area contributed by atoms with Crippen LogP contribution in [0.5, 0.6) is 0 Å². The van der Waals surface area contributed by atoms with E-state index in [2.05, 4.69) is 20.6 Å². The average molecular weight is 499 g/mol. The predicted molar refractivity (Wildman–Crippen MR) is 129 cm³/mol. The normalized spacial score (nSPS) is 15.6. The van der Waals surface area contributed by atoms with E-state index in [9.17, 15) is 14.4 Å². The molecule has 1 aliphatic rings. The second kappa shape index (κ2) is 11.1. The standard InChI is InChI=1S/C24H26N4O6S/c1-3-32-22(30)20-17(25-23(31)28-21(20)18-11-10-14(2)34-18)13-33-19(29)9-6-12-35-24-26-15-7-4-5-8-16(15)27-24/h4-5,7-8,10-11,21H,3,6,9,12-13H2,1-2H3,(H,26,27)(H2,25,28,31)/t21-/m1/s1. The summed E-state index contributed by atoms with van der Waals surface area (Å²) >= 11 is 1.52. The van der Waals surface area contributed by atoms with Gasteiger partial charge in [0.1, 0.15) is 24.2 Å². The van der Waals surface area contributed by atoms with Gasteiger partial charge in [-0.25, -0.2) is 14.6 Å². The van der Waals surface area contributed by atoms with E-state index in [0.717, 1.165) is 16.2 Å². The summed E-state index contributed by atoms with van der Waals surface area (Å²) in [6.45, 7) is 3.32. The molecule has 184 valence electrons. The Morgan fingerprint density at radius 3 is 2.74 bits per heavy atom. The number of aromatic amines is 1. The van der Waals surface area contributed by atoms with Gasteiger partial charge >= 0.3 is 18.0 Å². The number of aryl methyl sites for hydroxylation is 1. The van der Waals surface area contributed by atoms with Crippen LogP contribution in [0, 0.1) is 6.92 Å². The number of thioether (sulfide) groups is 1. The van der Waals surface area contributed by atoms with Crippen molar-refractivity contribution in [2.45, 2.75) is 37.9 Å². The molecule has 11 heteroatoms. The highest BCUT2D eigenvalue weighted by Gasteiger charge is 2.36. The molecular formula is C24H26N4O6S. The summed E-state index contributed by atoms with van der Waals surface area (Å²) in [5.41, 5.74) is 2.16. The predicted octanol–water partition coefficient (Wildman–Crippen LogP) is 3.75. The third-order valence-electron chi connectivity index (χ3n) is 5.20. The van der Waals surface area contributed by atoms with Crippen LogP contribution < -0.4 is 10.6 Å². The fraction of sp³-hybridized carbons (Fsp3) is 0.333. The van der Waals surface area contributed by atoms with E-state index in [-0.39, 0.29) is 30.9 Å². The number of furan rings is 1. The molecule has 0 radical (unpaired) electrons. The van der Waals surface area contributed by atoms with Crippen LogP contribution in [0.4, 0.5) is 4.79 Å². The van der Waals surface area contributed by atoms with Gasteiger partial charge < -0.3 is 29.5 Å². The number of hydrogen-bond acceptors (Lipinski definition) is 8. The van der Waals surface area contributed by atoms with Crippen LogP contribution in [0.3, 0.4) is 0 Å². The van der Waals surface area contributed by atoms with E-state index < -0.39 is 24.0 Å². The lowest BCUT2D eigenvalue weighted by molar-refractivity contribution is -0.143. The Balaban J connectivity index is 1.35. The number of amides is 2. The molecule has 2 aromatic heterocycles. The first-order chi connectivity index (χ1) is 16.9. The summed E-state index contributed by atoms with van der Waals surface area (Å²) in [4.78, 5) is 45.0. The third-order valence-corrected chi connectivity index (χ3v) is 6.16. The van der Waals surface area contributed by atoms with Crippen molar-refractivity contribution in [1.82, 2.24) is 20.6 Å². The molecule has 0 aliphatic carbocycles. The first-order valence-electron chi connectivity index (χ1n) is 11.2. The van der Waals surface area contributed by atoms with Gasteiger partial charge in [-0.2, -0.15) is 0 Å². The number of H-pyrrole nitrogens is 1. The molecule has 35 heavy (non-hydrogen) atoms. The number of carbonyl (C=O) groups excluding carboxylic acids is 3. The van der Waals surface area contributed by atoms with Crippen molar-refractivity contribution in [1.29, 1.82) is 0 Å². The van der Waals surface area contributed by atoms with Gasteiger partial charge in [0, 0.05) is 12.2 Å². The van der Waals surface area contributed by atoms with Crippen LogP contribution in [-0.4, -0.2) is 46.9 Å². The van der Waals surface area contributed by atoms with Crippen molar-refractivity contribution in [3.05, 3.63) is 59.2 Å². The summed E-state index contributed by atoms with van der Waals surface area (Å²) < 4.78 is 16.2. The van der Waals surface area contributed by atoms with Crippen molar-refractivity contribution in [3.8, 4) is 0 Å². The van der Waals surface area contributed by atoms with Crippen molar-refractivity contribution < 1.29 is 28.3 Å². The molecule has 0 unspecified atom stereocenters. The summed E-state index contributed by atoms with van der Waals surface area (Å²) in [5, 5.41) is 6.02. The molecule has 1 aliphatic heterocycles. The van der Waals surface area contributed by atoms with E-state index >= 15 is 0 Å². The van der Waals surface area contributed by atoms with Gasteiger partial charge in [-0.15, -0.1) is 0 Å². The summed E-state index contributed by atoms with van der Waals surface area (Å²) in [6.07, 6.45) is 0.759. The number of rotatable bonds is 10. The SMILES string of the molecule is CCOC(=O)C1=C(COC(=O)CCCSc2nc3ccccc3[nH]2)NC(=O)N[C@@H]1c1ccc(C)o1. The van der Waals surface area contributed by atoms with Crippen molar-refractivity contribution >= 4 is 40.8 Å². The molecule has 4 rings (SSSR count). The highest BCUT2D eigenvalue weighted by Crippen LogP contribution is 2.29. The minimum Gasteiger partial charge on any atom is -0.464 e. The molecular weight excluding hydrogens is 472 g/mol. The Hall–Kier alpha value is -3.73. The monoisotopic (exact) mass is 498 g/mol. The van der Waals surface area contributed by atoms with Crippen molar-refractivity contribution in [3.63, 3.8) is 0 Å². The Morgan fingerprint density at radius 1 is 1.17 bits per heavy atom. The molecule has 1 aromatic carbocycles. The zero-order valence-electron chi connectivity index (χ0n) is 19.4. The number of urea groups is 1. The van der Waals surface area contributed by atoms with E-state index in [1.54, 1.807) is 26.0 Å². The summed E-state index contributed by atoms with van der Waals surface area (Å²) in [7, 11) is 0. The quantitative estimate of drug-likeness (QED) is 0.218. The van der Waals surface area contributed by atoms with Crippen LogP contribution in [-0.2, 0) is 19.1 Å². The van der Waals surface area contributed by atoms with Gasteiger partial charge in [0.05, 0.1) is 28.9 Å². The van der Waals surface area contributed by atoms with Crippen LogP contribution in [0.15, 0.2) is 57.2 Å². The Labute approximate surface area is 205 Å². The van der Waals surface area contributed by atoms with E-state index in [0.29, 0.717) is 23.7 Å². The number of imidazole rings is 1. The van der Waals surface area contributed by atoms with Crippen LogP contribution in [0.2, 0.25) is 0 Å². The molecule has 2 amide bonds. The zero-order chi connectivity index (χ0) is 24.8. The number of esters is 2. The number of benzene rings is 1. The van der Waals surface area contributed by atoms with E-state index in [4.69, 9.17) is 13.9 Å². The van der Waals surface area contributed by atoms with Gasteiger partial charge in [0.25, 0.3) is 0 Å². The van der Waals surface area contributed by atoms with Crippen molar-refractivity contribution in [2.24, 2.45) is 0 Å². The average Bonchev–Trinajstić information content (AvgIpc) is 3.46. The number of nitrogens with zero attached hydrogens (tertiary/aromatic N) is 1. The minimum absolute atomic E-state index is 0.133. The highest BCUT2D eigenvalue weighted by atomic mass is 32.2. The summed E-state index contributed by atoms with van der Waals surface area (Å²) in [5.74, 6) is 0.611. The van der Waals surface area contributed by atoms with Gasteiger partial charge in [-0.3, -0.25) is 4.79 Å². The fourth-order valence-electron chi connectivity index (χ4n) is 3.61. The molecule has 0 saturated heterocycles. The van der Waals surface area contributed by atoms with Gasteiger partial charge in [0.2, 0.25) is 0 Å². The summed E-state index contributed by atoms with van der Waals surface area (Å²) in [6, 6.07) is 9.78. The van der Waals surface area contributed by atoms with E-state index in [1.807, 2.05) is 24.3 Å². The number of carbonyl (C=O) groups is 3. The zero-order valence-corrected chi connectivity index (χ0v) is 20.2. The number of aromatic nitrogens is 2. The molecule has 1 atom stereocenters. The van der Waals surface area contributed by atoms with Crippen LogP contribution >= 0.6 is 11.8 Å². The minimum atomic E-state index is -0.856. The Bertz CT molecular complexity index is 1230. The molecule has 3 N–H and O–H groups in total. The number of hydrogen-bond donors (Lipinski definition) is 3. The molecule has 0 saturated carbocycles. The molecule has 0 bridgehead atoms. The highest BCUT2D eigenvalue weighted by molar-refractivity contribution is 7.99. The van der Waals surface area contributed by atoms with Gasteiger partial charge in [-0.1, -0.05) is 23.9 Å².